The molecule has 3 nitrogen and oxygen atoms in total. The highest BCUT2D eigenvalue weighted by atomic mass is 32.2. The Hall–Kier alpha value is -5.62. The third-order valence-corrected chi connectivity index (χ3v) is 13.7. The second-order valence-electron chi connectivity index (χ2n) is 14.8. The molecule has 0 N–H and O–H groups in total. The lowest BCUT2D eigenvalue weighted by Gasteiger charge is -2.22. The second-order valence-corrected chi connectivity index (χ2v) is 16.9. The SMILES string of the molecule is C/C=C(\C=C/CC)c1cc(-c2cccc(-n3c4cc5c(cc4c4ccc6c(c43)Sc3ccccc3S6)-c3ccccc3C5(C)C)c2)nc(-c2ccccc2)n1. The molecule has 3 heterocycles. The first-order valence-electron chi connectivity index (χ1n) is 19.0. The summed E-state index contributed by atoms with van der Waals surface area (Å²) >= 11 is 3.76. The molecule has 2 aromatic heterocycles. The van der Waals surface area contributed by atoms with E-state index in [1.165, 1.54) is 63.6 Å². The molecule has 8 aromatic rings. The number of rotatable bonds is 6. The average molecular weight is 746 g/mol. The summed E-state index contributed by atoms with van der Waals surface area (Å²) in [7, 11) is 0. The van der Waals surface area contributed by atoms with Crippen LogP contribution in [0.1, 0.15) is 50.9 Å². The van der Waals surface area contributed by atoms with Crippen molar-refractivity contribution in [2.24, 2.45) is 0 Å². The van der Waals surface area contributed by atoms with Gasteiger partial charge in [0.25, 0.3) is 0 Å². The van der Waals surface area contributed by atoms with E-state index in [0.717, 1.165) is 46.0 Å². The van der Waals surface area contributed by atoms with Gasteiger partial charge in [-0.15, -0.1) is 0 Å². The molecule has 0 fully saturated rings. The Bertz CT molecular complexity index is 2900. The summed E-state index contributed by atoms with van der Waals surface area (Å²) in [5, 5.41) is 2.54. The van der Waals surface area contributed by atoms with Crippen LogP contribution in [0.2, 0.25) is 0 Å². The van der Waals surface area contributed by atoms with Gasteiger partial charge in [0, 0.05) is 47.7 Å². The number of allylic oxidation sites excluding steroid dienone is 4. The van der Waals surface area contributed by atoms with Crippen molar-refractivity contribution in [3.63, 3.8) is 0 Å². The molecule has 2 aliphatic rings. The zero-order valence-electron chi connectivity index (χ0n) is 31.3. The second kappa shape index (κ2) is 13.3. The normalized spacial score (nSPS) is 14.3. The third-order valence-electron chi connectivity index (χ3n) is 11.1. The molecule has 0 bridgehead atoms. The maximum absolute atomic E-state index is 5.22. The van der Waals surface area contributed by atoms with E-state index in [1.807, 2.05) is 41.7 Å². The van der Waals surface area contributed by atoms with Gasteiger partial charge in [-0.3, -0.25) is 0 Å². The molecule has 10 rings (SSSR count). The maximum atomic E-state index is 5.22. The fraction of sp³-hybridized carbons (Fsp3) is 0.120. The minimum Gasteiger partial charge on any atom is -0.308 e. The molecule has 0 amide bonds. The molecule has 266 valence electrons. The molecule has 0 unspecified atom stereocenters. The van der Waals surface area contributed by atoms with E-state index in [0.29, 0.717) is 0 Å². The van der Waals surface area contributed by atoms with Gasteiger partial charge >= 0.3 is 0 Å². The molecule has 0 saturated carbocycles. The first-order chi connectivity index (χ1) is 26.9. The summed E-state index contributed by atoms with van der Waals surface area (Å²) in [5.74, 6) is 0.720. The van der Waals surface area contributed by atoms with Crippen LogP contribution in [0.5, 0.6) is 0 Å². The van der Waals surface area contributed by atoms with E-state index < -0.39 is 0 Å². The Morgan fingerprint density at radius 3 is 2.25 bits per heavy atom. The molecule has 1 aliphatic heterocycles. The number of aromatic nitrogens is 3. The summed E-state index contributed by atoms with van der Waals surface area (Å²) in [4.78, 5) is 15.5. The molecule has 0 radical (unpaired) electrons. The lowest BCUT2D eigenvalue weighted by atomic mass is 9.82. The van der Waals surface area contributed by atoms with Crippen molar-refractivity contribution in [1.29, 1.82) is 0 Å². The van der Waals surface area contributed by atoms with Crippen LogP contribution in [0.3, 0.4) is 0 Å². The Morgan fingerprint density at radius 2 is 1.44 bits per heavy atom. The monoisotopic (exact) mass is 745 g/mol. The lowest BCUT2D eigenvalue weighted by Crippen LogP contribution is -2.15. The van der Waals surface area contributed by atoms with Crippen LogP contribution in [0.4, 0.5) is 0 Å². The van der Waals surface area contributed by atoms with Crippen LogP contribution in [0.15, 0.2) is 171 Å². The van der Waals surface area contributed by atoms with Gasteiger partial charge < -0.3 is 4.57 Å². The van der Waals surface area contributed by atoms with Gasteiger partial charge in [-0.05, 0) is 89.7 Å². The fourth-order valence-electron chi connectivity index (χ4n) is 8.38. The Kier molecular flexibility index (Phi) is 8.20. The van der Waals surface area contributed by atoms with Crippen molar-refractivity contribution in [3.8, 4) is 39.5 Å². The van der Waals surface area contributed by atoms with Crippen molar-refractivity contribution >= 4 is 50.9 Å². The van der Waals surface area contributed by atoms with Gasteiger partial charge in [0.05, 0.1) is 27.3 Å². The zero-order valence-corrected chi connectivity index (χ0v) is 32.9. The van der Waals surface area contributed by atoms with Crippen molar-refractivity contribution in [1.82, 2.24) is 14.5 Å². The molecule has 5 heteroatoms. The van der Waals surface area contributed by atoms with Crippen LogP contribution in [0.25, 0.3) is 66.8 Å². The van der Waals surface area contributed by atoms with Crippen molar-refractivity contribution in [3.05, 3.63) is 169 Å². The predicted octanol–water partition coefficient (Wildman–Crippen LogP) is 14.2. The number of hydrogen-bond donors (Lipinski definition) is 0. The van der Waals surface area contributed by atoms with Gasteiger partial charge in [-0.2, -0.15) is 0 Å². The molecule has 0 atom stereocenters. The minimum absolute atomic E-state index is 0.117. The summed E-state index contributed by atoms with van der Waals surface area (Å²) in [5.41, 5.74) is 13.8. The highest BCUT2D eigenvalue weighted by Gasteiger charge is 2.36. The van der Waals surface area contributed by atoms with E-state index in [4.69, 9.17) is 9.97 Å². The maximum Gasteiger partial charge on any atom is 0.160 e. The summed E-state index contributed by atoms with van der Waals surface area (Å²) in [6, 6.07) is 48.7. The molecular weight excluding hydrogens is 707 g/mol. The Morgan fingerprint density at radius 1 is 0.673 bits per heavy atom. The summed E-state index contributed by atoms with van der Waals surface area (Å²) < 4.78 is 2.52. The van der Waals surface area contributed by atoms with E-state index in [9.17, 15) is 0 Å². The van der Waals surface area contributed by atoms with Crippen molar-refractivity contribution in [2.45, 2.75) is 59.1 Å². The largest absolute Gasteiger partial charge is 0.308 e. The highest BCUT2D eigenvalue weighted by molar-refractivity contribution is 8.05. The lowest BCUT2D eigenvalue weighted by molar-refractivity contribution is 0.661. The first kappa shape index (κ1) is 33.9. The van der Waals surface area contributed by atoms with Crippen molar-refractivity contribution in [2.75, 3.05) is 0 Å². The van der Waals surface area contributed by atoms with Gasteiger partial charge in [0.15, 0.2) is 5.82 Å². The molecule has 1 aliphatic carbocycles. The summed E-state index contributed by atoms with van der Waals surface area (Å²) in [6.07, 6.45) is 7.45. The van der Waals surface area contributed by atoms with Crippen LogP contribution in [0, 0.1) is 0 Å². The molecule has 0 saturated heterocycles. The number of nitrogens with zero attached hydrogens (tertiary/aromatic N) is 3. The Labute approximate surface area is 330 Å². The smallest absolute Gasteiger partial charge is 0.160 e. The van der Waals surface area contributed by atoms with Crippen molar-refractivity contribution < 1.29 is 0 Å². The third kappa shape index (κ3) is 5.51. The topological polar surface area (TPSA) is 30.7 Å². The van der Waals surface area contributed by atoms with Crippen LogP contribution >= 0.6 is 23.5 Å². The van der Waals surface area contributed by atoms with Crippen LogP contribution in [-0.4, -0.2) is 14.5 Å². The van der Waals surface area contributed by atoms with Crippen LogP contribution in [-0.2, 0) is 5.41 Å². The minimum atomic E-state index is -0.117. The molecule has 55 heavy (non-hydrogen) atoms. The van der Waals surface area contributed by atoms with Gasteiger partial charge in [-0.1, -0.05) is 147 Å². The average Bonchev–Trinajstić information content (AvgIpc) is 3.68. The fourth-order valence-corrected chi connectivity index (χ4v) is 10.8. The number of hydrogen-bond acceptors (Lipinski definition) is 4. The zero-order chi connectivity index (χ0) is 37.3. The van der Waals surface area contributed by atoms with Gasteiger partial charge in [-0.25, -0.2) is 9.97 Å². The molecule has 6 aromatic carbocycles. The number of benzene rings is 6. The van der Waals surface area contributed by atoms with E-state index in [-0.39, 0.29) is 5.41 Å². The van der Waals surface area contributed by atoms with E-state index in [2.05, 4.69) is 166 Å². The van der Waals surface area contributed by atoms with E-state index >= 15 is 0 Å². The predicted molar refractivity (Wildman–Crippen MR) is 233 cm³/mol. The number of fused-ring (bicyclic) bond motifs is 9. The van der Waals surface area contributed by atoms with E-state index in [1.54, 1.807) is 0 Å². The highest BCUT2D eigenvalue weighted by Crippen LogP contribution is 2.55. The van der Waals surface area contributed by atoms with Gasteiger partial charge in [0.2, 0.25) is 0 Å². The summed E-state index contributed by atoms with van der Waals surface area (Å²) in [6.45, 7) is 8.97. The van der Waals surface area contributed by atoms with Crippen LogP contribution < -0.4 is 0 Å². The Balaban J connectivity index is 1.23. The first-order valence-corrected chi connectivity index (χ1v) is 20.6. The standard InChI is InChI=1S/C50H39N3S2/c1-5-7-16-31(6-2)41-30-42(52-49(51-41)32-17-9-8-10-18-32)33-19-15-20-34(27-33)53-43-29-40-37(35-21-11-12-22-39(35)50(40,3)4)28-38(43)36-25-26-46-48(47(36)53)55-45-24-14-13-23-44(45)54-46/h6-30H,5H2,1-4H3/b16-7-,31-6+. The molecular formula is C50H39N3S2. The van der Waals surface area contributed by atoms with Gasteiger partial charge in [0.1, 0.15) is 0 Å². The quantitative estimate of drug-likeness (QED) is 0.159. The molecule has 0 spiro atoms.